The van der Waals surface area contributed by atoms with Gasteiger partial charge in [0, 0.05) is 18.2 Å². The Morgan fingerprint density at radius 3 is 2.18 bits per heavy atom. The molecule has 0 radical (unpaired) electrons. The molecule has 0 heterocycles. The van der Waals surface area contributed by atoms with Crippen molar-refractivity contribution in [3.63, 3.8) is 0 Å². The zero-order valence-electron chi connectivity index (χ0n) is 18.5. The number of sulfone groups is 1. The summed E-state index contributed by atoms with van der Waals surface area (Å²) >= 11 is 0. The zero-order valence-corrected chi connectivity index (χ0v) is 19.3. The van der Waals surface area contributed by atoms with Gasteiger partial charge in [0.2, 0.25) is 0 Å². The normalized spacial score (nSPS) is 11.9. The number of esters is 1. The van der Waals surface area contributed by atoms with E-state index in [1.165, 1.54) is 24.3 Å². The molecule has 34 heavy (non-hydrogen) atoms. The van der Waals surface area contributed by atoms with Gasteiger partial charge in [0.05, 0.1) is 17.1 Å². The fourth-order valence-corrected chi connectivity index (χ4v) is 3.78. The lowest BCUT2D eigenvalue weighted by atomic mass is 9.95. The first-order valence-corrected chi connectivity index (χ1v) is 12.2. The summed E-state index contributed by atoms with van der Waals surface area (Å²) < 4.78 is 28.9. The smallest absolute Gasteiger partial charge is 0.336 e. The van der Waals surface area contributed by atoms with Crippen LogP contribution in [-0.4, -0.2) is 50.0 Å². The van der Waals surface area contributed by atoms with Crippen LogP contribution in [0.15, 0.2) is 59.5 Å². The maximum absolute atomic E-state index is 12.2. The number of carbonyl (C=O) groups is 2. The maximum Gasteiger partial charge on any atom is 0.336 e. The number of hydrogen-bond acceptors (Lipinski definition) is 8. The van der Waals surface area contributed by atoms with Gasteiger partial charge in [0.25, 0.3) is 5.09 Å². The summed E-state index contributed by atoms with van der Waals surface area (Å²) in [5.74, 6) is -1.78. The largest absolute Gasteiger partial charge is 0.478 e. The fourth-order valence-electron chi connectivity index (χ4n) is 3.15. The second-order valence-electron chi connectivity index (χ2n) is 7.35. The minimum atomic E-state index is -3.45. The molecule has 2 aromatic rings. The van der Waals surface area contributed by atoms with Crippen LogP contribution in [0.1, 0.15) is 36.8 Å². The molecule has 0 spiro atoms. The summed E-state index contributed by atoms with van der Waals surface area (Å²) in [7, 11) is -3.45. The van der Waals surface area contributed by atoms with Crippen LogP contribution in [0.2, 0.25) is 0 Å². The summed E-state index contributed by atoms with van der Waals surface area (Å²) in [5, 5.41) is 19.2. The van der Waals surface area contributed by atoms with E-state index in [0.717, 1.165) is 6.26 Å². The first-order chi connectivity index (χ1) is 16.1. The van der Waals surface area contributed by atoms with E-state index in [0.29, 0.717) is 30.4 Å². The van der Waals surface area contributed by atoms with Crippen LogP contribution < -0.4 is 0 Å². The molecule has 1 N–H and O–H groups in total. The molecule has 11 heteroatoms. The summed E-state index contributed by atoms with van der Waals surface area (Å²) in [6, 6.07) is 14.0. The molecule has 2 aromatic carbocycles. The van der Waals surface area contributed by atoms with Gasteiger partial charge < -0.3 is 14.7 Å². The Labute approximate surface area is 196 Å². The molecular weight excluding hydrogens is 466 g/mol. The van der Waals surface area contributed by atoms with E-state index < -0.39 is 26.9 Å². The quantitative estimate of drug-likeness (QED) is 0.111. The number of carboxylic acid groups (broad SMARTS) is 1. The van der Waals surface area contributed by atoms with Crippen LogP contribution in [0.4, 0.5) is 0 Å². The Balaban J connectivity index is 2.22. The van der Waals surface area contributed by atoms with E-state index in [2.05, 4.69) is 4.84 Å². The Morgan fingerprint density at radius 1 is 0.971 bits per heavy atom. The molecule has 0 amide bonds. The summed E-state index contributed by atoms with van der Waals surface area (Å²) in [6.45, 7) is -0.393. The van der Waals surface area contributed by atoms with Gasteiger partial charge in [-0.2, -0.15) is 0 Å². The molecule has 0 aliphatic carbocycles. The van der Waals surface area contributed by atoms with Crippen molar-refractivity contribution in [3.8, 4) is 0 Å². The monoisotopic (exact) mass is 491 g/mol. The van der Waals surface area contributed by atoms with Gasteiger partial charge in [0.1, 0.15) is 6.61 Å². The lowest BCUT2D eigenvalue weighted by Gasteiger charge is -2.15. The third-order valence-electron chi connectivity index (χ3n) is 4.81. The van der Waals surface area contributed by atoms with Crippen molar-refractivity contribution in [1.82, 2.24) is 0 Å². The molecule has 2 rings (SSSR count). The molecule has 10 nitrogen and oxygen atoms in total. The number of benzene rings is 2. The van der Waals surface area contributed by atoms with Crippen molar-refractivity contribution >= 4 is 32.9 Å². The van der Waals surface area contributed by atoms with Crippen molar-refractivity contribution in [2.24, 2.45) is 0 Å². The lowest BCUT2D eigenvalue weighted by Crippen LogP contribution is -2.12. The third-order valence-corrected chi connectivity index (χ3v) is 5.94. The third kappa shape index (κ3) is 8.32. The van der Waals surface area contributed by atoms with Gasteiger partial charge in [-0.15, -0.1) is 10.1 Å². The first-order valence-electron chi connectivity index (χ1n) is 10.3. The summed E-state index contributed by atoms with van der Waals surface area (Å²) in [6.07, 6.45) is 2.46. The van der Waals surface area contributed by atoms with E-state index in [4.69, 9.17) is 4.74 Å². The Hall–Kier alpha value is -3.73. The van der Waals surface area contributed by atoms with Crippen LogP contribution in [0.25, 0.3) is 11.1 Å². The van der Waals surface area contributed by atoms with Gasteiger partial charge in [-0.3, -0.25) is 4.79 Å². The first kappa shape index (κ1) is 26.5. The van der Waals surface area contributed by atoms with Crippen molar-refractivity contribution in [2.45, 2.75) is 30.6 Å². The predicted molar refractivity (Wildman–Crippen MR) is 123 cm³/mol. The second kappa shape index (κ2) is 12.5. The van der Waals surface area contributed by atoms with Gasteiger partial charge in [-0.05, 0) is 36.1 Å². The van der Waals surface area contributed by atoms with Crippen LogP contribution in [0, 0.1) is 10.1 Å². The van der Waals surface area contributed by atoms with Gasteiger partial charge >= 0.3 is 11.9 Å². The highest BCUT2D eigenvalue weighted by atomic mass is 32.2. The SMILES string of the molecule is CS(=O)(=O)c1ccc(C(COC(=O)CCCCCO[N+](=O)[O-])=C(C(=O)O)c2ccccc2)cc1. The highest BCUT2D eigenvalue weighted by Crippen LogP contribution is 2.28. The summed E-state index contributed by atoms with van der Waals surface area (Å²) in [4.78, 5) is 38.8. The molecule has 0 fully saturated rings. The number of carbonyl (C=O) groups excluding carboxylic acids is 1. The number of rotatable bonds is 13. The molecule has 0 aliphatic rings. The van der Waals surface area contributed by atoms with Gasteiger partial charge in [0.15, 0.2) is 9.84 Å². The van der Waals surface area contributed by atoms with Crippen LogP contribution in [-0.2, 0) is 29.0 Å². The lowest BCUT2D eigenvalue weighted by molar-refractivity contribution is -0.757. The van der Waals surface area contributed by atoms with E-state index in [-0.39, 0.29) is 35.7 Å². The molecular formula is C23H25NO9S. The van der Waals surface area contributed by atoms with Gasteiger partial charge in [-0.1, -0.05) is 48.9 Å². The molecule has 0 saturated carbocycles. The average Bonchev–Trinajstić information content (AvgIpc) is 2.78. The Kier molecular flexibility index (Phi) is 9.75. The second-order valence-corrected chi connectivity index (χ2v) is 9.37. The van der Waals surface area contributed by atoms with Crippen molar-refractivity contribution in [2.75, 3.05) is 19.5 Å². The minimum Gasteiger partial charge on any atom is -0.478 e. The molecule has 0 aromatic heterocycles. The Morgan fingerprint density at radius 2 is 1.62 bits per heavy atom. The average molecular weight is 492 g/mol. The van der Waals surface area contributed by atoms with Crippen LogP contribution in [0.3, 0.4) is 0 Å². The molecule has 0 atom stereocenters. The Bertz CT molecular complexity index is 1140. The van der Waals surface area contributed by atoms with E-state index in [1.807, 2.05) is 0 Å². The number of carboxylic acids is 1. The zero-order chi connectivity index (χ0) is 25.1. The molecule has 0 aliphatic heterocycles. The minimum absolute atomic E-state index is 0.0481. The fraction of sp³-hybridized carbons (Fsp3) is 0.304. The standard InChI is InChI=1S/C23H25NO9S/c1-34(30,31)19-13-11-17(12-14-19)20(22(23(26)27)18-8-4-2-5-9-18)16-32-21(25)10-6-3-7-15-33-24(28)29/h2,4-5,8-9,11-14H,3,6-7,10,15-16H2,1H3,(H,26,27). The number of hydrogen-bond donors (Lipinski definition) is 1. The van der Waals surface area contributed by atoms with Gasteiger partial charge in [-0.25, -0.2) is 13.2 Å². The highest BCUT2D eigenvalue weighted by Gasteiger charge is 2.20. The number of ether oxygens (including phenoxy) is 1. The number of aliphatic carboxylic acids is 1. The maximum atomic E-state index is 12.2. The van der Waals surface area contributed by atoms with Crippen LogP contribution in [0.5, 0.6) is 0 Å². The number of unbranched alkanes of at least 4 members (excludes halogenated alkanes) is 2. The number of nitrogens with zero attached hydrogens (tertiary/aromatic N) is 1. The van der Waals surface area contributed by atoms with E-state index in [9.17, 15) is 33.2 Å². The molecule has 0 unspecified atom stereocenters. The molecule has 182 valence electrons. The van der Waals surface area contributed by atoms with Crippen LogP contribution >= 0.6 is 0 Å². The highest BCUT2D eigenvalue weighted by molar-refractivity contribution is 7.90. The predicted octanol–water partition coefficient (Wildman–Crippen LogP) is 3.40. The molecule has 0 saturated heterocycles. The van der Waals surface area contributed by atoms with E-state index >= 15 is 0 Å². The van der Waals surface area contributed by atoms with E-state index in [1.54, 1.807) is 30.3 Å². The summed E-state index contributed by atoms with van der Waals surface area (Å²) in [5.41, 5.74) is 0.946. The van der Waals surface area contributed by atoms with Crippen molar-refractivity contribution < 1.29 is 37.8 Å². The van der Waals surface area contributed by atoms with Crippen molar-refractivity contribution in [1.29, 1.82) is 0 Å². The molecule has 0 bridgehead atoms. The topological polar surface area (TPSA) is 150 Å². The van der Waals surface area contributed by atoms with Crippen molar-refractivity contribution in [3.05, 3.63) is 75.8 Å².